The van der Waals surface area contributed by atoms with E-state index in [9.17, 15) is 4.79 Å². The fraction of sp³-hybridized carbons (Fsp3) is 0.333. The molecule has 3 aromatic rings. The molecule has 1 aliphatic heterocycles. The molecule has 2 heterocycles. The van der Waals surface area contributed by atoms with E-state index in [1.165, 1.54) is 0 Å². The maximum absolute atomic E-state index is 12.8. The number of para-hydroxylation sites is 2. The zero-order valence-corrected chi connectivity index (χ0v) is 16.1. The lowest BCUT2D eigenvalue weighted by Gasteiger charge is -2.19. The predicted molar refractivity (Wildman–Crippen MR) is 108 cm³/mol. The summed E-state index contributed by atoms with van der Waals surface area (Å²) in [5.41, 5.74) is 2.38. The Kier molecular flexibility index (Phi) is 5.16. The molecule has 1 amide bonds. The van der Waals surface area contributed by atoms with Crippen LogP contribution in [0.15, 0.2) is 42.5 Å². The van der Waals surface area contributed by atoms with E-state index < -0.39 is 0 Å². The van der Waals surface area contributed by atoms with Crippen molar-refractivity contribution in [2.45, 2.75) is 20.4 Å². The van der Waals surface area contributed by atoms with Gasteiger partial charge in [-0.3, -0.25) is 10.1 Å². The van der Waals surface area contributed by atoms with Gasteiger partial charge in [-0.25, -0.2) is 4.98 Å². The Bertz CT molecular complexity index is 994. The van der Waals surface area contributed by atoms with Crippen LogP contribution in [-0.4, -0.2) is 46.8 Å². The minimum Gasteiger partial charge on any atom is -0.454 e. The van der Waals surface area contributed by atoms with E-state index in [0.29, 0.717) is 23.0 Å². The van der Waals surface area contributed by atoms with Crippen LogP contribution in [-0.2, 0) is 6.54 Å². The Hall–Kier alpha value is -3.06. The van der Waals surface area contributed by atoms with E-state index >= 15 is 0 Å². The molecule has 1 aromatic heterocycles. The van der Waals surface area contributed by atoms with Gasteiger partial charge in [0, 0.05) is 18.7 Å². The quantitative estimate of drug-likeness (QED) is 0.681. The number of carbonyl (C=O) groups excluding carboxylic acids is 1. The average Bonchev–Trinajstić information content (AvgIpc) is 3.32. The van der Waals surface area contributed by atoms with Crippen molar-refractivity contribution in [3.05, 3.63) is 48.0 Å². The van der Waals surface area contributed by atoms with Gasteiger partial charge < -0.3 is 18.9 Å². The third-order valence-corrected chi connectivity index (χ3v) is 5.05. The first-order chi connectivity index (χ1) is 13.7. The molecule has 4 rings (SSSR count). The molecular formula is C21H24N4O3. The van der Waals surface area contributed by atoms with Gasteiger partial charge in [-0.2, -0.15) is 0 Å². The Labute approximate surface area is 163 Å². The van der Waals surface area contributed by atoms with E-state index in [-0.39, 0.29) is 12.7 Å². The van der Waals surface area contributed by atoms with Crippen molar-refractivity contribution in [3.63, 3.8) is 0 Å². The number of imidazole rings is 1. The highest BCUT2D eigenvalue weighted by Crippen LogP contribution is 2.32. The molecule has 0 atom stereocenters. The van der Waals surface area contributed by atoms with Crippen LogP contribution in [0, 0.1) is 0 Å². The van der Waals surface area contributed by atoms with Gasteiger partial charge in [0.05, 0.1) is 11.0 Å². The number of benzene rings is 2. The van der Waals surface area contributed by atoms with Gasteiger partial charge in [0.15, 0.2) is 11.5 Å². The highest BCUT2D eigenvalue weighted by atomic mass is 16.7. The summed E-state index contributed by atoms with van der Waals surface area (Å²) in [4.78, 5) is 19.8. The summed E-state index contributed by atoms with van der Waals surface area (Å²) >= 11 is 0. The van der Waals surface area contributed by atoms with Crippen molar-refractivity contribution in [1.29, 1.82) is 0 Å². The second-order valence-corrected chi connectivity index (χ2v) is 6.62. The molecule has 0 spiro atoms. The predicted octanol–water partition coefficient (Wildman–Crippen LogP) is 3.36. The van der Waals surface area contributed by atoms with E-state index in [0.717, 1.165) is 37.2 Å². The van der Waals surface area contributed by atoms with E-state index in [2.05, 4.69) is 33.6 Å². The first kappa shape index (κ1) is 18.3. The maximum Gasteiger partial charge on any atom is 0.258 e. The Morgan fingerprint density at radius 2 is 1.93 bits per heavy atom. The van der Waals surface area contributed by atoms with Crippen LogP contribution in [0.2, 0.25) is 0 Å². The molecule has 0 unspecified atom stereocenters. The van der Waals surface area contributed by atoms with Crippen LogP contribution in [0.1, 0.15) is 24.2 Å². The number of fused-ring (bicyclic) bond motifs is 2. The molecule has 1 aliphatic rings. The number of amides is 1. The number of rotatable bonds is 7. The smallest absolute Gasteiger partial charge is 0.258 e. The fourth-order valence-electron chi connectivity index (χ4n) is 3.39. The van der Waals surface area contributed by atoms with Gasteiger partial charge in [0.1, 0.15) is 0 Å². The molecule has 0 saturated carbocycles. The van der Waals surface area contributed by atoms with Crippen molar-refractivity contribution >= 4 is 22.9 Å². The van der Waals surface area contributed by atoms with Gasteiger partial charge >= 0.3 is 0 Å². The van der Waals surface area contributed by atoms with Crippen LogP contribution in [0.4, 0.5) is 5.95 Å². The first-order valence-corrected chi connectivity index (χ1v) is 9.58. The summed E-state index contributed by atoms with van der Waals surface area (Å²) in [7, 11) is 0. The van der Waals surface area contributed by atoms with Gasteiger partial charge in [-0.05, 0) is 43.4 Å². The summed E-state index contributed by atoms with van der Waals surface area (Å²) in [6, 6.07) is 13.1. The molecule has 0 bridgehead atoms. The molecule has 0 saturated heterocycles. The normalized spacial score (nSPS) is 12.7. The lowest BCUT2D eigenvalue weighted by molar-refractivity contribution is 0.102. The lowest BCUT2D eigenvalue weighted by atomic mass is 10.2. The molecule has 0 radical (unpaired) electrons. The van der Waals surface area contributed by atoms with Crippen LogP contribution in [0.3, 0.4) is 0 Å². The van der Waals surface area contributed by atoms with Gasteiger partial charge in [0.2, 0.25) is 12.7 Å². The Balaban J connectivity index is 1.60. The van der Waals surface area contributed by atoms with Crippen molar-refractivity contribution in [1.82, 2.24) is 14.5 Å². The molecule has 0 fully saturated rings. The molecular weight excluding hydrogens is 356 g/mol. The zero-order valence-electron chi connectivity index (χ0n) is 16.1. The van der Waals surface area contributed by atoms with E-state index in [1.807, 2.05) is 24.3 Å². The largest absolute Gasteiger partial charge is 0.454 e. The molecule has 2 aromatic carbocycles. The molecule has 7 nitrogen and oxygen atoms in total. The zero-order chi connectivity index (χ0) is 19.5. The third-order valence-electron chi connectivity index (χ3n) is 5.05. The van der Waals surface area contributed by atoms with Gasteiger partial charge in [-0.1, -0.05) is 26.0 Å². The number of nitrogens with one attached hydrogen (secondary N) is 1. The summed E-state index contributed by atoms with van der Waals surface area (Å²) in [6.45, 7) is 8.10. The SMILES string of the molecule is CCN(CC)CCn1c(NC(=O)c2ccc3c(c2)OCO3)nc2ccccc21. The maximum atomic E-state index is 12.8. The van der Waals surface area contributed by atoms with Crippen LogP contribution < -0.4 is 14.8 Å². The highest BCUT2D eigenvalue weighted by Gasteiger charge is 2.18. The number of anilines is 1. The molecule has 0 aliphatic carbocycles. The summed E-state index contributed by atoms with van der Waals surface area (Å²) < 4.78 is 12.8. The van der Waals surface area contributed by atoms with Crippen molar-refractivity contribution in [3.8, 4) is 11.5 Å². The lowest BCUT2D eigenvalue weighted by Crippen LogP contribution is -2.27. The second-order valence-electron chi connectivity index (χ2n) is 6.62. The molecule has 7 heteroatoms. The van der Waals surface area contributed by atoms with E-state index in [1.54, 1.807) is 18.2 Å². The van der Waals surface area contributed by atoms with Gasteiger partial charge in [0.25, 0.3) is 5.91 Å². The first-order valence-electron chi connectivity index (χ1n) is 9.58. The van der Waals surface area contributed by atoms with Crippen molar-refractivity contribution < 1.29 is 14.3 Å². The topological polar surface area (TPSA) is 68.6 Å². The van der Waals surface area contributed by atoms with Crippen molar-refractivity contribution in [2.24, 2.45) is 0 Å². The summed E-state index contributed by atoms with van der Waals surface area (Å²) in [5.74, 6) is 1.57. The molecule has 146 valence electrons. The summed E-state index contributed by atoms with van der Waals surface area (Å²) in [5, 5.41) is 2.97. The van der Waals surface area contributed by atoms with E-state index in [4.69, 9.17) is 9.47 Å². The Morgan fingerprint density at radius 3 is 2.75 bits per heavy atom. The number of hydrogen-bond donors (Lipinski definition) is 1. The minimum absolute atomic E-state index is 0.182. The van der Waals surface area contributed by atoms with Gasteiger partial charge in [-0.15, -0.1) is 0 Å². The molecule has 1 N–H and O–H groups in total. The number of ether oxygens (including phenoxy) is 2. The monoisotopic (exact) mass is 380 g/mol. The number of likely N-dealkylation sites (N-methyl/N-ethyl adjacent to an activating group) is 1. The van der Waals surface area contributed by atoms with Crippen LogP contribution in [0.5, 0.6) is 11.5 Å². The number of hydrogen-bond acceptors (Lipinski definition) is 5. The van der Waals surface area contributed by atoms with Crippen LogP contribution >= 0.6 is 0 Å². The van der Waals surface area contributed by atoms with Crippen LogP contribution in [0.25, 0.3) is 11.0 Å². The molecule has 28 heavy (non-hydrogen) atoms. The minimum atomic E-state index is -0.224. The third kappa shape index (κ3) is 3.53. The number of nitrogens with zero attached hydrogens (tertiary/aromatic N) is 3. The highest BCUT2D eigenvalue weighted by molar-refractivity contribution is 6.04. The number of aromatic nitrogens is 2. The Morgan fingerprint density at radius 1 is 1.14 bits per heavy atom. The summed E-state index contributed by atoms with van der Waals surface area (Å²) in [6.07, 6.45) is 0. The average molecular weight is 380 g/mol. The standard InChI is InChI=1S/C21H24N4O3/c1-3-24(4-2)11-12-25-17-8-6-5-7-16(17)22-21(25)23-20(26)15-9-10-18-19(13-15)28-14-27-18/h5-10,13H,3-4,11-12,14H2,1-2H3,(H,22,23,26). The van der Waals surface area contributed by atoms with Crippen molar-refractivity contribution in [2.75, 3.05) is 31.7 Å². The number of carbonyl (C=O) groups is 1. The fourth-order valence-corrected chi connectivity index (χ4v) is 3.39. The second kappa shape index (κ2) is 7.90.